The molecule has 0 saturated heterocycles. The quantitative estimate of drug-likeness (QED) is 0.602. The number of rotatable bonds is 4. The molecular weight excluding hydrogens is 435 g/mol. The van der Waals surface area contributed by atoms with Crippen LogP contribution in [0.15, 0.2) is 48.8 Å². The van der Waals surface area contributed by atoms with E-state index in [4.69, 9.17) is 4.74 Å². The minimum Gasteiger partial charge on any atom is -0.390 e. The van der Waals surface area contributed by atoms with Crippen LogP contribution in [0.1, 0.15) is 54.4 Å². The maximum Gasteiger partial charge on any atom is 0.414 e. The van der Waals surface area contributed by atoms with Crippen LogP contribution in [0.5, 0.6) is 5.88 Å². The van der Waals surface area contributed by atoms with E-state index in [1.165, 1.54) is 12.1 Å². The van der Waals surface area contributed by atoms with Gasteiger partial charge in [-0.2, -0.15) is 4.98 Å². The number of hydrogen-bond donors (Lipinski definition) is 2. The van der Waals surface area contributed by atoms with Gasteiger partial charge in [0.15, 0.2) is 0 Å². The first-order valence-corrected chi connectivity index (χ1v) is 11.8. The number of halogens is 1. The standard InChI is InChI=1S/C26H27FN4O3/c1-16-5-6-31-14-22(28-21(31)7-16)34-24(33)30-26-12-17-8-18(13-26)11-25(10-17,15-26)29-23(32)19-3-2-4-20(27)9-19/h2-7,9,14,17-18H,8,10-13,15H2,1H3,(H,29,32)(H,30,33). The van der Waals surface area contributed by atoms with Crippen molar-refractivity contribution in [3.05, 3.63) is 65.7 Å². The van der Waals surface area contributed by atoms with E-state index in [9.17, 15) is 14.0 Å². The molecule has 2 amide bonds. The number of aryl methyl sites for hydroxylation is 1. The van der Waals surface area contributed by atoms with E-state index in [2.05, 4.69) is 15.6 Å². The highest BCUT2D eigenvalue weighted by atomic mass is 19.1. The molecule has 2 heterocycles. The van der Waals surface area contributed by atoms with Crippen LogP contribution in [0.3, 0.4) is 0 Å². The molecule has 4 fully saturated rings. The van der Waals surface area contributed by atoms with Gasteiger partial charge in [0.1, 0.15) is 11.5 Å². The second kappa shape index (κ2) is 7.55. The number of amides is 2. The maximum absolute atomic E-state index is 13.6. The molecule has 1 aromatic carbocycles. The molecule has 0 radical (unpaired) electrons. The molecule has 4 aliphatic rings. The van der Waals surface area contributed by atoms with Crippen molar-refractivity contribution in [1.82, 2.24) is 20.0 Å². The van der Waals surface area contributed by atoms with Crippen molar-refractivity contribution >= 4 is 17.6 Å². The first kappa shape index (κ1) is 21.1. The van der Waals surface area contributed by atoms with Gasteiger partial charge in [0, 0.05) is 22.8 Å². The zero-order valence-electron chi connectivity index (χ0n) is 19.0. The number of carbonyl (C=O) groups excluding carboxylic acids is 2. The molecule has 7 rings (SSSR count). The van der Waals surface area contributed by atoms with Crippen molar-refractivity contribution in [3.8, 4) is 5.88 Å². The zero-order chi connectivity index (χ0) is 23.5. The van der Waals surface area contributed by atoms with Crippen LogP contribution in [0.4, 0.5) is 9.18 Å². The summed E-state index contributed by atoms with van der Waals surface area (Å²) in [6, 6.07) is 9.65. The van der Waals surface area contributed by atoms with Gasteiger partial charge in [0.05, 0.1) is 6.20 Å². The van der Waals surface area contributed by atoms with Gasteiger partial charge < -0.3 is 19.8 Å². The molecule has 176 valence electrons. The first-order valence-electron chi connectivity index (χ1n) is 11.8. The molecule has 4 bridgehead atoms. The smallest absolute Gasteiger partial charge is 0.390 e. The van der Waals surface area contributed by atoms with Crippen molar-refractivity contribution in [1.29, 1.82) is 0 Å². The Kier molecular flexibility index (Phi) is 4.69. The molecular formula is C26H27FN4O3. The Morgan fingerprint density at radius 2 is 1.82 bits per heavy atom. The number of imidazole rings is 1. The predicted octanol–water partition coefficient (Wildman–Crippen LogP) is 4.39. The normalized spacial score (nSPS) is 29.2. The number of pyridine rings is 1. The highest BCUT2D eigenvalue weighted by Gasteiger charge is 2.59. The SMILES string of the molecule is Cc1ccn2cc(OC(=O)NC34CC5CC(C3)CC(NC(=O)c3cccc(F)c3)(C5)C4)nc2c1. The predicted molar refractivity (Wildman–Crippen MR) is 123 cm³/mol. The Morgan fingerprint density at radius 3 is 2.56 bits per heavy atom. The molecule has 0 spiro atoms. The summed E-state index contributed by atoms with van der Waals surface area (Å²) >= 11 is 0. The summed E-state index contributed by atoms with van der Waals surface area (Å²) in [5, 5.41) is 6.38. The summed E-state index contributed by atoms with van der Waals surface area (Å²) in [6.45, 7) is 1.98. The molecule has 8 heteroatoms. The van der Waals surface area contributed by atoms with Crippen LogP contribution >= 0.6 is 0 Å². The number of aromatic nitrogens is 2. The summed E-state index contributed by atoms with van der Waals surface area (Å²) in [5.41, 5.74) is 1.29. The van der Waals surface area contributed by atoms with Gasteiger partial charge in [0.2, 0.25) is 5.88 Å². The van der Waals surface area contributed by atoms with Crippen LogP contribution in [0.2, 0.25) is 0 Å². The van der Waals surface area contributed by atoms with Crippen molar-refractivity contribution in [2.24, 2.45) is 11.8 Å². The fourth-order valence-corrected chi connectivity index (χ4v) is 6.94. The second-order valence-corrected chi connectivity index (χ2v) is 10.5. The fraction of sp³-hybridized carbons (Fsp3) is 0.423. The van der Waals surface area contributed by atoms with Gasteiger partial charge in [-0.05, 0) is 93.2 Å². The third-order valence-electron chi connectivity index (χ3n) is 7.68. The Bertz CT molecular complexity index is 1290. The third-order valence-corrected chi connectivity index (χ3v) is 7.68. The van der Waals surface area contributed by atoms with Crippen molar-refractivity contribution < 1.29 is 18.7 Å². The molecule has 4 aliphatic carbocycles. The van der Waals surface area contributed by atoms with Gasteiger partial charge in [-0.3, -0.25) is 4.79 Å². The molecule has 2 atom stereocenters. The van der Waals surface area contributed by atoms with Crippen molar-refractivity contribution in [3.63, 3.8) is 0 Å². The largest absolute Gasteiger partial charge is 0.414 e. The topological polar surface area (TPSA) is 84.7 Å². The average Bonchev–Trinajstić information content (AvgIpc) is 3.13. The lowest BCUT2D eigenvalue weighted by Crippen LogP contribution is -2.70. The summed E-state index contributed by atoms with van der Waals surface area (Å²) in [6.07, 6.45) is 8.33. The molecule has 4 saturated carbocycles. The Hall–Kier alpha value is -3.42. The summed E-state index contributed by atoms with van der Waals surface area (Å²) in [7, 11) is 0. The van der Waals surface area contributed by atoms with Gasteiger partial charge in [0.25, 0.3) is 5.91 Å². The minimum atomic E-state index is -0.520. The van der Waals surface area contributed by atoms with Crippen LogP contribution in [0.25, 0.3) is 5.65 Å². The lowest BCUT2D eigenvalue weighted by Gasteiger charge is -2.62. The number of nitrogens with one attached hydrogen (secondary N) is 2. The first-order chi connectivity index (χ1) is 16.3. The average molecular weight is 463 g/mol. The number of ether oxygens (including phenoxy) is 1. The highest BCUT2D eigenvalue weighted by molar-refractivity contribution is 5.94. The van der Waals surface area contributed by atoms with E-state index < -0.39 is 23.0 Å². The fourth-order valence-electron chi connectivity index (χ4n) is 6.94. The number of fused-ring (bicyclic) bond motifs is 1. The summed E-state index contributed by atoms with van der Waals surface area (Å²) < 4.78 is 21.0. The molecule has 34 heavy (non-hydrogen) atoms. The number of carbonyl (C=O) groups is 2. The monoisotopic (exact) mass is 462 g/mol. The number of benzene rings is 1. The van der Waals surface area contributed by atoms with Crippen molar-refractivity contribution in [2.45, 2.75) is 56.5 Å². The number of nitrogens with zero attached hydrogens (tertiary/aromatic N) is 2. The van der Waals surface area contributed by atoms with Gasteiger partial charge in [-0.1, -0.05) is 6.07 Å². The maximum atomic E-state index is 13.6. The lowest BCUT2D eigenvalue weighted by atomic mass is 9.50. The minimum absolute atomic E-state index is 0.252. The van der Waals surface area contributed by atoms with E-state index in [1.807, 2.05) is 29.7 Å². The van der Waals surface area contributed by atoms with Gasteiger partial charge in [-0.15, -0.1) is 0 Å². The molecule has 2 aromatic heterocycles. The molecule has 2 unspecified atom stereocenters. The third kappa shape index (κ3) is 3.81. The van der Waals surface area contributed by atoms with E-state index in [1.54, 1.807) is 18.3 Å². The van der Waals surface area contributed by atoms with Crippen LogP contribution in [-0.2, 0) is 0 Å². The van der Waals surface area contributed by atoms with E-state index in [-0.39, 0.29) is 11.8 Å². The zero-order valence-corrected chi connectivity index (χ0v) is 19.0. The summed E-state index contributed by atoms with van der Waals surface area (Å²) in [4.78, 5) is 30.3. The highest BCUT2D eigenvalue weighted by Crippen LogP contribution is 2.57. The van der Waals surface area contributed by atoms with E-state index >= 15 is 0 Å². The molecule has 0 aliphatic heterocycles. The van der Waals surface area contributed by atoms with Crippen LogP contribution in [0, 0.1) is 24.6 Å². The summed E-state index contributed by atoms with van der Waals surface area (Å²) in [5.74, 6) is 0.405. The van der Waals surface area contributed by atoms with E-state index in [0.717, 1.165) is 43.3 Å². The Labute approximate surface area is 196 Å². The lowest BCUT2D eigenvalue weighted by molar-refractivity contribution is -0.0449. The second-order valence-electron chi connectivity index (χ2n) is 10.5. The molecule has 3 aromatic rings. The van der Waals surface area contributed by atoms with Gasteiger partial charge >= 0.3 is 6.09 Å². The van der Waals surface area contributed by atoms with E-state index in [0.29, 0.717) is 23.8 Å². The van der Waals surface area contributed by atoms with Crippen LogP contribution < -0.4 is 15.4 Å². The van der Waals surface area contributed by atoms with Crippen LogP contribution in [-0.4, -0.2) is 32.5 Å². The number of hydrogen-bond acceptors (Lipinski definition) is 4. The Balaban J connectivity index is 1.19. The van der Waals surface area contributed by atoms with Crippen molar-refractivity contribution in [2.75, 3.05) is 0 Å². The molecule has 7 nitrogen and oxygen atoms in total. The molecule has 2 N–H and O–H groups in total. The van der Waals surface area contributed by atoms with Gasteiger partial charge in [-0.25, -0.2) is 9.18 Å². The Morgan fingerprint density at radius 1 is 1.09 bits per heavy atom.